The first-order valence-electron chi connectivity index (χ1n) is 5.69. The number of rotatable bonds is 5. The molecule has 0 aliphatic heterocycles. The topological polar surface area (TPSA) is 73.1 Å². The summed E-state index contributed by atoms with van der Waals surface area (Å²) in [6, 6.07) is 0. The Morgan fingerprint density at radius 3 is 2.62 bits per heavy atom. The molecule has 0 fully saturated rings. The van der Waals surface area contributed by atoms with E-state index in [9.17, 15) is 0 Å². The van der Waals surface area contributed by atoms with Gasteiger partial charge in [0.2, 0.25) is 0 Å². The molecule has 0 aliphatic carbocycles. The maximum absolute atomic E-state index is 5.95. The van der Waals surface area contributed by atoms with E-state index in [-0.39, 0.29) is 5.54 Å². The monoisotopic (exact) mass is 225 g/mol. The largest absolute Gasteiger partial charge is 0.394 e. The Morgan fingerprint density at radius 1 is 1.50 bits per heavy atom. The smallest absolute Gasteiger partial charge is 0.150 e. The number of aromatic nitrogens is 2. The first-order chi connectivity index (χ1) is 7.44. The molecule has 0 aliphatic rings. The van der Waals surface area contributed by atoms with Crippen molar-refractivity contribution in [3.05, 3.63) is 6.20 Å². The first kappa shape index (κ1) is 12.8. The Balaban J connectivity index is 3.14. The standard InChI is InChI=1S/C11H23N5/c1-5-15(4)10-9(13)8-14-16(10)11(2,3)6-7-12/h8H,5-7,12-13H2,1-4H3. The van der Waals surface area contributed by atoms with Gasteiger partial charge in [-0.15, -0.1) is 0 Å². The summed E-state index contributed by atoms with van der Waals surface area (Å²) in [5, 5.41) is 4.37. The van der Waals surface area contributed by atoms with E-state index in [0.717, 1.165) is 24.5 Å². The maximum Gasteiger partial charge on any atom is 0.150 e. The number of hydrogen-bond acceptors (Lipinski definition) is 4. The minimum absolute atomic E-state index is 0.106. The molecule has 5 heteroatoms. The molecule has 16 heavy (non-hydrogen) atoms. The van der Waals surface area contributed by atoms with Gasteiger partial charge in [0.05, 0.1) is 17.4 Å². The second-order valence-corrected chi connectivity index (χ2v) is 4.70. The van der Waals surface area contributed by atoms with Crippen LogP contribution >= 0.6 is 0 Å². The van der Waals surface area contributed by atoms with E-state index in [1.54, 1.807) is 6.20 Å². The second-order valence-electron chi connectivity index (χ2n) is 4.70. The predicted octanol–water partition coefficient (Wildman–Crippen LogP) is 1.01. The van der Waals surface area contributed by atoms with Gasteiger partial charge < -0.3 is 16.4 Å². The summed E-state index contributed by atoms with van der Waals surface area (Å²) in [4.78, 5) is 2.10. The lowest BCUT2D eigenvalue weighted by molar-refractivity contribution is 0.302. The van der Waals surface area contributed by atoms with Gasteiger partial charge >= 0.3 is 0 Å². The molecule has 0 amide bonds. The van der Waals surface area contributed by atoms with Crippen LogP contribution in [0.2, 0.25) is 0 Å². The zero-order valence-corrected chi connectivity index (χ0v) is 10.7. The molecule has 0 radical (unpaired) electrons. The van der Waals surface area contributed by atoms with Gasteiger partial charge in [-0.1, -0.05) is 0 Å². The van der Waals surface area contributed by atoms with Crippen LogP contribution < -0.4 is 16.4 Å². The molecule has 1 rings (SSSR count). The summed E-state index contributed by atoms with van der Waals surface area (Å²) in [6.45, 7) is 7.88. The highest BCUT2D eigenvalue weighted by Crippen LogP contribution is 2.29. The Hall–Kier alpha value is -1.23. The van der Waals surface area contributed by atoms with Crippen molar-refractivity contribution in [3.8, 4) is 0 Å². The first-order valence-corrected chi connectivity index (χ1v) is 5.69. The van der Waals surface area contributed by atoms with E-state index in [1.807, 2.05) is 11.7 Å². The number of hydrogen-bond donors (Lipinski definition) is 2. The van der Waals surface area contributed by atoms with Gasteiger partial charge in [0.25, 0.3) is 0 Å². The molecule has 4 N–H and O–H groups in total. The summed E-state index contributed by atoms with van der Waals surface area (Å²) in [5.41, 5.74) is 12.2. The molecular weight excluding hydrogens is 202 g/mol. The van der Waals surface area contributed by atoms with Crippen molar-refractivity contribution >= 4 is 11.5 Å². The summed E-state index contributed by atoms with van der Waals surface area (Å²) >= 11 is 0. The molecule has 0 saturated heterocycles. The highest BCUT2D eigenvalue weighted by molar-refractivity contribution is 5.62. The minimum atomic E-state index is -0.106. The Kier molecular flexibility index (Phi) is 3.80. The summed E-state index contributed by atoms with van der Waals surface area (Å²) in [7, 11) is 2.02. The van der Waals surface area contributed by atoms with Crippen molar-refractivity contribution in [3.63, 3.8) is 0 Å². The SMILES string of the molecule is CCN(C)c1c(N)cnn1C(C)(C)CCN. The quantitative estimate of drug-likeness (QED) is 0.784. The molecule has 5 nitrogen and oxygen atoms in total. The maximum atomic E-state index is 5.95. The number of nitrogen functional groups attached to an aromatic ring is 1. The second kappa shape index (κ2) is 4.74. The van der Waals surface area contributed by atoms with E-state index in [2.05, 4.69) is 30.8 Å². The molecule has 1 aromatic rings. The third-order valence-corrected chi connectivity index (χ3v) is 2.94. The van der Waals surface area contributed by atoms with Crippen molar-refractivity contribution in [1.82, 2.24) is 9.78 Å². The highest BCUT2D eigenvalue weighted by Gasteiger charge is 2.25. The summed E-state index contributed by atoms with van der Waals surface area (Å²) < 4.78 is 1.97. The fraction of sp³-hybridized carbons (Fsp3) is 0.727. The van der Waals surface area contributed by atoms with E-state index >= 15 is 0 Å². The van der Waals surface area contributed by atoms with Crippen molar-refractivity contribution in [1.29, 1.82) is 0 Å². The molecule has 1 aromatic heterocycles. The fourth-order valence-corrected chi connectivity index (χ4v) is 1.79. The molecule has 1 heterocycles. The summed E-state index contributed by atoms with van der Waals surface area (Å²) in [6.07, 6.45) is 2.58. The van der Waals surface area contributed by atoms with Crippen LogP contribution in [0.3, 0.4) is 0 Å². The molecule has 0 aromatic carbocycles. The van der Waals surface area contributed by atoms with E-state index in [1.165, 1.54) is 0 Å². The van der Waals surface area contributed by atoms with Crippen LogP contribution in [0, 0.1) is 0 Å². The summed E-state index contributed by atoms with van der Waals surface area (Å²) in [5.74, 6) is 0.973. The minimum Gasteiger partial charge on any atom is -0.394 e. The number of nitrogens with two attached hydrogens (primary N) is 2. The zero-order valence-electron chi connectivity index (χ0n) is 10.7. The Morgan fingerprint density at radius 2 is 2.12 bits per heavy atom. The van der Waals surface area contributed by atoms with Gasteiger partial charge in [0.1, 0.15) is 0 Å². The van der Waals surface area contributed by atoms with Gasteiger partial charge in [-0.2, -0.15) is 5.10 Å². The van der Waals surface area contributed by atoms with Crippen LogP contribution in [0.5, 0.6) is 0 Å². The van der Waals surface area contributed by atoms with Crippen molar-refractivity contribution in [2.45, 2.75) is 32.7 Å². The molecule has 92 valence electrons. The lowest BCUT2D eigenvalue weighted by atomic mass is 10.0. The molecule has 0 spiro atoms. The number of nitrogens with zero attached hydrogens (tertiary/aromatic N) is 3. The van der Waals surface area contributed by atoms with Gasteiger partial charge in [0, 0.05) is 13.6 Å². The normalized spacial score (nSPS) is 11.8. The van der Waals surface area contributed by atoms with E-state index in [4.69, 9.17) is 11.5 Å². The van der Waals surface area contributed by atoms with Gasteiger partial charge in [-0.25, -0.2) is 4.68 Å². The van der Waals surface area contributed by atoms with E-state index < -0.39 is 0 Å². The molecular formula is C11H23N5. The van der Waals surface area contributed by atoms with Crippen molar-refractivity contribution in [2.24, 2.45) is 5.73 Å². The van der Waals surface area contributed by atoms with Gasteiger partial charge in [-0.05, 0) is 33.7 Å². The third kappa shape index (κ3) is 2.29. The van der Waals surface area contributed by atoms with Gasteiger partial charge in [-0.3, -0.25) is 0 Å². The van der Waals surface area contributed by atoms with E-state index in [0.29, 0.717) is 6.54 Å². The lowest BCUT2D eigenvalue weighted by Gasteiger charge is -2.30. The van der Waals surface area contributed by atoms with Crippen LogP contribution in [0.1, 0.15) is 27.2 Å². The van der Waals surface area contributed by atoms with Crippen LogP contribution in [0.4, 0.5) is 11.5 Å². The lowest BCUT2D eigenvalue weighted by Crippen LogP contribution is -2.34. The van der Waals surface area contributed by atoms with Crippen molar-refractivity contribution in [2.75, 3.05) is 30.8 Å². The fourth-order valence-electron chi connectivity index (χ4n) is 1.79. The predicted molar refractivity (Wildman–Crippen MR) is 68.6 cm³/mol. The average molecular weight is 225 g/mol. The molecule has 0 atom stereocenters. The third-order valence-electron chi connectivity index (χ3n) is 2.94. The Labute approximate surface area is 97.4 Å². The highest BCUT2D eigenvalue weighted by atomic mass is 15.4. The number of anilines is 2. The van der Waals surface area contributed by atoms with Crippen LogP contribution in [0.15, 0.2) is 6.20 Å². The van der Waals surface area contributed by atoms with Crippen LogP contribution in [-0.2, 0) is 5.54 Å². The molecule has 0 saturated carbocycles. The molecule has 0 unspecified atom stereocenters. The van der Waals surface area contributed by atoms with Crippen LogP contribution in [0.25, 0.3) is 0 Å². The van der Waals surface area contributed by atoms with Gasteiger partial charge in [0.15, 0.2) is 5.82 Å². The van der Waals surface area contributed by atoms with Crippen LogP contribution in [-0.4, -0.2) is 29.9 Å². The van der Waals surface area contributed by atoms with Crippen molar-refractivity contribution < 1.29 is 0 Å². The zero-order chi connectivity index (χ0) is 12.3. The average Bonchev–Trinajstić information content (AvgIpc) is 2.59. The Bertz CT molecular complexity index is 342. The molecule has 0 bridgehead atoms.